The molecule has 0 aliphatic carbocycles. The highest BCUT2D eigenvalue weighted by Gasteiger charge is 2.33. The van der Waals surface area contributed by atoms with Crippen molar-refractivity contribution < 1.29 is 31.9 Å². The molecule has 1 saturated heterocycles. The van der Waals surface area contributed by atoms with Crippen molar-refractivity contribution in [3.63, 3.8) is 0 Å². The summed E-state index contributed by atoms with van der Waals surface area (Å²) in [7, 11) is 1.26. The average Bonchev–Trinajstić information content (AvgIpc) is 3.39. The number of nitrogens with two attached hydrogens (primary N) is 1. The first kappa shape index (κ1) is 30.0. The quantitative estimate of drug-likeness (QED) is 0.270. The minimum Gasteiger partial charge on any atom is -0.496 e. The Morgan fingerprint density at radius 3 is 2.70 bits per heavy atom. The first-order valence-electron chi connectivity index (χ1n) is 13.3. The Morgan fingerprint density at radius 1 is 1.23 bits per heavy atom. The van der Waals surface area contributed by atoms with E-state index in [1.165, 1.54) is 19.4 Å². The number of nitrogen functional groups attached to an aromatic ring is 1. The van der Waals surface area contributed by atoms with E-state index in [0.717, 1.165) is 24.8 Å². The first-order chi connectivity index (χ1) is 20.4. The smallest absolute Gasteiger partial charge is 0.416 e. The highest BCUT2D eigenvalue weighted by atomic mass is 35.5. The van der Waals surface area contributed by atoms with Crippen LogP contribution in [0.15, 0.2) is 36.7 Å². The Kier molecular flexibility index (Phi) is 8.14. The number of amides is 2. The molecule has 3 aromatic heterocycles. The normalized spacial score (nSPS) is 15.5. The Morgan fingerprint density at radius 2 is 2.00 bits per heavy atom. The number of carbonyl (C=O) groups excluding carboxylic acids is 2. The van der Waals surface area contributed by atoms with Gasteiger partial charge in [-0.3, -0.25) is 14.0 Å². The summed E-state index contributed by atoms with van der Waals surface area (Å²) >= 11 is 6.55. The molecule has 1 atom stereocenters. The number of benzene rings is 1. The molecule has 5 rings (SSSR count). The number of fused-ring (bicyclic) bond motifs is 1. The average molecular weight is 620 g/mol. The molecule has 0 radical (unpaired) electrons. The zero-order chi connectivity index (χ0) is 31.1. The van der Waals surface area contributed by atoms with Crippen LogP contribution in [0.25, 0.3) is 16.8 Å². The van der Waals surface area contributed by atoms with Crippen molar-refractivity contribution in [3.8, 4) is 17.0 Å². The fourth-order valence-corrected chi connectivity index (χ4v) is 5.40. The lowest BCUT2D eigenvalue weighted by Gasteiger charge is -2.32. The molecule has 1 aliphatic rings. The number of hydrogen-bond acceptors (Lipinski definition) is 7. The van der Waals surface area contributed by atoms with Crippen LogP contribution in [0, 0.1) is 5.82 Å². The van der Waals surface area contributed by atoms with Crippen molar-refractivity contribution in [2.24, 2.45) is 0 Å². The third-order valence-corrected chi connectivity index (χ3v) is 7.48. The Hall–Kier alpha value is -4.46. The van der Waals surface area contributed by atoms with Gasteiger partial charge in [0.15, 0.2) is 0 Å². The number of halogens is 5. The molecule has 4 aromatic rings. The van der Waals surface area contributed by atoms with E-state index in [1.54, 1.807) is 16.2 Å². The Labute approximate surface area is 247 Å². The van der Waals surface area contributed by atoms with E-state index in [4.69, 9.17) is 27.1 Å². The lowest BCUT2D eigenvalue weighted by molar-refractivity contribution is -0.137. The van der Waals surface area contributed by atoms with Crippen LogP contribution < -0.4 is 15.8 Å². The second kappa shape index (κ2) is 11.7. The number of pyridine rings is 1. The van der Waals surface area contributed by atoms with Gasteiger partial charge in [-0.2, -0.15) is 13.2 Å². The van der Waals surface area contributed by atoms with Crippen LogP contribution in [0.5, 0.6) is 5.75 Å². The summed E-state index contributed by atoms with van der Waals surface area (Å²) in [6.45, 7) is 2.78. The number of carbonyl (C=O) groups is 2. The van der Waals surface area contributed by atoms with Gasteiger partial charge in [0.2, 0.25) is 5.91 Å². The van der Waals surface area contributed by atoms with Gasteiger partial charge in [0.05, 0.1) is 24.4 Å². The third-order valence-electron chi connectivity index (χ3n) is 7.21. The lowest BCUT2D eigenvalue weighted by atomic mass is 9.97. The third kappa shape index (κ3) is 5.78. The van der Waals surface area contributed by atoms with Gasteiger partial charge >= 0.3 is 6.18 Å². The van der Waals surface area contributed by atoms with Crippen molar-refractivity contribution in [1.82, 2.24) is 24.3 Å². The van der Waals surface area contributed by atoms with Crippen LogP contribution in [0.4, 0.5) is 29.2 Å². The number of alkyl halides is 3. The second-order valence-electron chi connectivity index (χ2n) is 9.92. The predicted octanol–water partition coefficient (Wildman–Crippen LogP) is 5.56. The van der Waals surface area contributed by atoms with Crippen LogP contribution in [-0.4, -0.2) is 56.3 Å². The fourth-order valence-electron chi connectivity index (χ4n) is 5.18. The number of likely N-dealkylation sites (tertiary alicyclic amines) is 1. The SMILES string of the molecule is CCC(=O)N1CCCC(c2nc(-c3c(F)cc(C(=O)Nc4cc(C(F)(F)F)ccn4)cc3OC)c3c(N)ncc(Cl)n23)C1. The number of imidazole rings is 1. The zero-order valence-corrected chi connectivity index (χ0v) is 23.8. The number of aromatic nitrogens is 4. The van der Waals surface area contributed by atoms with Crippen LogP contribution in [0.2, 0.25) is 5.15 Å². The second-order valence-corrected chi connectivity index (χ2v) is 10.3. The van der Waals surface area contributed by atoms with Gasteiger partial charge in [0.1, 0.15) is 45.4 Å². The van der Waals surface area contributed by atoms with Crippen LogP contribution in [0.1, 0.15) is 53.8 Å². The summed E-state index contributed by atoms with van der Waals surface area (Å²) in [5.74, 6) is -2.09. The van der Waals surface area contributed by atoms with E-state index in [0.29, 0.717) is 37.8 Å². The van der Waals surface area contributed by atoms with Crippen molar-refractivity contribution >= 4 is 40.6 Å². The van der Waals surface area contributed by atoms with E-state index in [9.17, 15) is 22.8 Å². The summed E-state index contributed by atoms with van der Waals surface area (Å²) in [5.41, 5.74) is 5.13. The molecule has 1 unspecified atom stereocenters. The maximum Gasteiger partial charge on any atom is 0.416 e. The lowest BCUT2D eigenvalue weighted by Crippen LogP contribution is -2.39. The van der Waals surface area contributed by atoms with E-state index in [-0.39, 0.29) is 56.7 Å². The van der Waals surface area contributed by atoms with E-state index in [1.807, 2.05) is 0 Å². The molecule has 1 fully saturated rings. The molecule has 0 saturated carbocycles. The number of hydrogen-bond donors (Lipinski definition) is 2. The van der Waals surface area contributed by atoms with E-state index < -0.39 is 23.5 Å². The Bertz CT molecular complexity index is 1730. The molecule has 1 aromatic carbocycles. The summed E-state index contributed by atoms with van der Waals surface area (Å²) in [5, 5.41) is 2.42. The number of ether oxygens (including phenoxy) is 1. The molecule has 10 nitrogen and oxygen atoms in total. The number of methoxy groups -OCH3 is 1. The summed E-state index contributed by atoms with van der Waals surface area (Å²) < 4.78 is 62.2. The molecule has 2 amide bonds. The number of rotatable bonds is 6. The number of anilines is 2. The highest BCUT2D eigenvalue weighted by molar-refractivity contribution is 6.30. The minimum absolute atomic E-state index is 0.0000237. The number of nitrogens with one attached hydrogen (secondary N) is 1. The van der Waals surface area contributed by atoms with Crippen LogP contribution >= 0.6 is 11.6 Å². The number of nitrogens with zero attached hydrogens (tertiary/aromatic N) is 5. The van der Waals surface area contributed by atoms with Crippen molar-refractivity contribution in [2.75, 3.05) is 31.2 Å². The molecule has 0 spiro atoms. The van der Waals surface area contributed by atoms with Crippen molar-refractivity contribution in [2.45, 2.75) is 38.3 Å². The molecule has 15 heteroatoms. The zero-order valence-electron chi connectivity index (χ0n) is 23.0. The van der Waals surface area contributed by atoms with Crippen LogP contribution in [0.3, 0.4) is 0 Å². The molecule has 1 aliphatic heterocycles. The van der Waals surface area contributed by atoms with Gasteiger partial charge in [-0.25, -0.2) is 19.3 Å². The molecule has 0 bridgehead atoms. The fraction of sp³-hybridized carbons (Fsp3) is 0.321. The summed E-state index contributed by atoms with van der Waals surface area (Å²) in [6.07, 6.45) is -0.637. The van der Waals surface area contributed by atoms with Crippen molar-refractivity contribution in [3.05, 3.63) is 64.6 Å². The highest BCUT2D eigenvalue weighted by Crippen LogP contribution is 2.41. The molecule has 3 N–H and O–H groups in total. The van der Waals surface area contributed by atoms with Gasteiger partial charge in [0, 0.05) is 37.2 Å². The maximum atomic E-state index is 15.9. The summed E-state index contributed by atoms with van der Waals surface area (Å²) in [4.78, 5) is 39.7. The predicted molar refractivity (Wildman–Crippen MR) is 150 cm³/mol. The Balaban J connectivity index is 1.57. The standard InChI is InChI=1S/C28H26ClF4N7O3/c1-3-21(41)39-8-4-5-14(13-39)26-38-23(24-25(34)36-12-19(29)40(24)26)22-17(30)9-15(10-18(22)43-2)27(42)37-20-11-16(6-7-35-20)28(31,32)33/h6-7,9-12,14H,3-5,8,13H2,1-2H3,(H2,34,36)(H,35,37,42). The van der Waals surface area contributed by atoms with Gasteiger partial charge in [0.25, 0.3) is 5.91 Å². The van der Waals surface area contributed by atoms with Gasteiger partial charge in [-0.15, -0.1) is 0 Å². The molecule has 226 valence electrons. The molecule has 43 heavy (non-hydrogen) atoms. The number of piperidine rings is 1. The monoisotopic (exact) mass is 619 g/mol. The van der Waals surface area contributed by atoms with E-state index >= 15 is 4.39 Å². The molecular weight excluding hydrogens is 594 g/mol. The molecule has 4 heterocycles. The summed E-state index contributed by atoms with van der Waals surface area (Å²) in [6, 6.07) is 3.55. The van der Waals surface area contributed by atoms with Crippen molar-refractivity contribution in [1.29, 1.82) is 0 Å². The minimum atomic E-state index is -4.65. The first-order valence-corrected chi connectivity index (χ1v) is 13.6. The van der Waals surface area contributed by atoms with Crippen LogP contribution in [-0.2, 0) is 11.0 Å². The molecular formula is C28H26ClF4N7O3. The topological polar surface area (TPSA) is 128 Å². The largest absolute Gasteiger partial charge is 0.496 e. The van der Waals surface area contributed by atoms with E-state index in [2.05, 4.69) is 15.3 Å². The van der Waals surface area contributed by atoms with Gasteiger partial charge in [-0.05, 0) is 37.1 Å². The maximum absolute atomic E-state index is 15.9. The van der Waals surface area contributed by atoms with Gasteiger partial charge < -0.3 is 20.7 Å². The van der Waals surface area contributed by atoms with Gasteiger partial charge in [-0.1, -0.05) is 18.5 Å².